The van der Waals surface area contributed by atoms with Crippen LogP contribution in [0.25, 0.3) is 11.3 Å². The summed E-state index contributed by atoms with van der Waals surface area (Å²) >= 11 is 1.56. The van der Waals surface area contributed by atoms with E-state index in [9.17, 15) is 4.39 Å². The van der Waals surface area contributed by atoms with Crippen molar-refractivity contribution in [1.82, 2.24) is 9.97 Å². The van der Waals surface area contributed by atoms with Gasteiger partial charge >= 0.3 is 0 Å². The van der Waals surface area contributed by atoms with Crippen molar-refractivity contribution < 1.29 is 4.39 Å². The van der Waals surface area contributed by atoms with Crippen molar-refractivity contribution in [2.75, 3.05) is 17.6 Å². The monoisotopic (exact) mass is 249 g/mol. The molecule has 1 aliphatic heterocycles. The van der Waals surface area contributed by atoms with Gasteiger partial charge in [-0.1, -0.05) is 0 Å². The van der Waals surface area contributed by atoms with E-state index in [-0.39, 0.29) is 5.82 Å². The number of hydrogen-bond acceptors (Lipinski definition) is 3. The number of fused-ring (bicyclic) bond motifs is 1. The van der Waals surface area contributed by atoms with Crippen LogP contribution in [0.5, 0.6) is 0 Å². The Labute approximate surface area is 103 Å². The maximum Gasteiger partial charge on any atom is 0.148 e. The highest BCUT2D eigenvalue weighted by atomic mass is 32.2. The molecule has 0 saturated heterocycles. The number of aryl methyl sites for hydroxylation is 1. The first-order chi connectivity index (χ1) is 8.25. The minimum Gasteiger partial charge on any atom is -0.383 e. The third-order valence-electron chi connectivity index (χ3n) is 2.75. The Kier molecular flexibility index (Phi) is 2.55. The van der Waals surface area contributed by atoms with Gasteiger partial charge in [0.05, 0.1) is 22.5 Å². The molecule has 0 spiro atoms. The van der Waals surface area contributed by atoms with E-state index < -0.39 is 0 Å². The largest absolute Gasteiger partial charge is 0.383 e. The zero-order chi connectivity index (χ0) is 11.8. The van der Waals surface area contributed by atoms with Crippen molar-refractivity contribution >= 4 is 17.4 Å². The van der Waals surface area contributed by atoms with Gasteiger partial charge in [0.15, 0.2) is 0 Å². The average Bonchev–Trinajstić information content (AvgIpc) is 2.77. The van der Waals surface area contributed by atoms with Crippen molar-refractivity contribution in [3.05, 3.63) is 30.0 Å². The summed E-state index contributed by atoms with van der Waals surface area (Å²) in [4.78, 5) is 7.87. The first-order valence-corrected chi connectivity index (χ1v) is 6.45. The Morgan fingerprint density at radius 3 is 3.06 bits per heavy atom. The van der Waals surface area contributed by atoms with Gasteiger partial charge < -0.3 is 10.3 Å². The van der Waals surface area contributed by atoms with Crippen LogP contribution in [0.4, 0.5) is 10.1 Å². The van der Waals surface area contributed by atoms with Gasteiger partial charge in [-0.15, -0.1) is 11.8 Å². The number of hydrogen-bond donors (Lipinski definition) is 2. The second kappa shape index (κ2) is 4.07. The number of thioether (sulfide) groups is 1. The number of rotatable bonds is 1. The third-order valence-corrected chi connectivity index (χ3v) is 3.85. The summed E-state index contributed by atoms with van der Waals surface area (Å²) in [7, 11) is 0. The molecule has 1 aliphatic rings. The van der Waals surface area contributed by atoms with Crippen molar-refractivity contribution in [2.24, 2.45) is 0 Å². The number of nitrogens with one attached hydrogen (secondary N) is 2. The summed E-state index contributed by atoms with van der Waals surface area (Å²) < 4.78 is 14.3. The highest BCUT2D eigenvalue weighted by Crippen LogP contribution is 2.37. The van der Waals surface area contributed by atoms with Crippen molar-refractivity contribution in [1.29, 1.82) is 0 Å². The molecule has 0 unspecified atom stereocenters. The third kappa shape index (κ3) is 1.80. The fourth-order valence-corrected chi connectivity index (χ4v) is 2.88. The van der Waals surface area contributed by atoms with Gasteiger partial charge in [-0.25, -0.2) is 9.37 Å². The first kappa shape index (κ1) is 10.7. The second-order valence-electron chi connectivity index (χ2n) is 3.96. The molecule has 0 amide bonds. The molecule has 0 bridgehead atoms. The lowest BCUT2D eigenvalue weighted by atomic mass is 10.1. The Morgan fingerprint density at radius 2 is 2.29 bits per heavy atom. The molecule has 2 N–H and O–H groups in total. The van der Waals surface area contributed by atoms with E-state index in [1.54, 1.807) is 24.0 Å². The minimum absolute atomic E-state index is 0.164. The van der Waals surface area contributed by atoms with E-state index in [0.717, 1.165) is 29.5 Å². The fraction of sp³-hybridized carbons (Fsp3) is 0.250. The number of aromatic amines is 1. The summed E-state index contributed by atoms with van der Waals surface area (Å²) in [5.41, 5.74) is 2.20. The molecule has 3 nitrogen and oxygen atoms in total. The topological polar surface area (TPSA) is 40.7 Å². The molecule has 0 fully saturated rings. The zero-order valence-corrected chi connectivity index (χ0v) is 10.2. The highest BCUT2D eigenvalue weighted by molar-refractivity contribution is 7.99. The molecule has 88 valence electrons. The molecule has 3 rings (SSSR count). The first-order valence-electron chi connectivity index (χ1n) is 5.47. The number of nitrogens with zero attached hydrogens (tertiary/aromatic N) is 1. The van der Waals surface area contributed by atoms with Gasteiger partial charge in [0.2, 0.25) is 0 Å². The predicted octanol–water partition coefficient (Wildman–Crippen LogP) is 3.04. The number of H-pyrrole nitrogens is 1. The molecule has 2 aromatic rings. The van der Waals surface area contributed by atoms with Crippen LogP contribution in [-0.2, 0) is 0 Å². The Hall–Kier alpha value is -1.49. The van der Waals surface area contributed by atoms with Crippen LogP contribution >= 0.6 is 11.8 Å². The smallest absolute Gasteiger partial charge is 0.148 e. The highest BCUT2D eigenvalue weighted by Gasteiger charge is 2.18. The Bertz CT molecular complexity index is 565. The molecule has 0 saturated carbocycles. The lowest BCUT2D eigenvalue weighted by Gasteiger charge is -2.19. The van der Waals surface area contributed by atoms with Gasteiger partial charge in [-0.2, -0.15) is 0 Å². The fourth-order valence-electron chi connectivity index (χ4n) is 1.94. The van der Waals surface area contributed by atoms with Crippen LogP contribution in [0.3, 0.4) is 0 Å². The van der Waals surface area contributed by atoms with E-state index in [2.05, 4.69) is 15.3 Å². The van der Waals surface area contributed by atoms with Gasteiger partial charge in [0, 0.05) is 17.9 Å². The molecule has 0 aliphatic carbocycles. The van der Waals surface area contributed by atoms with E-state index in [1.807, 2.05) is 13.0 Å². The van der Waals surface area contributed by atoms with Crippen LogP contribution in [0.1, 0.15) is 5.82 Å². The summed E-state index contributed by atoms with van der Waals surface area (Å²) in [6, 6.07) is 3.72. The summed E-state index contributed by atoms with van der Waals surface area (Å²) in [5, 5.41) is 3.20. The molecule has 1 aromatic carbocycles. The Balaban J connectivity index is 2.12. The maximum atomic E-state index is 14.3. The van der Waals surface area contributed by atoms with E-state index in [0.29, 0.717) is 10.5 Å². The van der Waals surface area contributed by atoms with E-state index in [1.165, 1.54) is 0 Å². The lowest BCUT2D eigenvalue weighted by Crippen LogP contribution is -2.11. The summed E-state index contributed by atoms with van der Waals surface area (Å²) in [6.45, 7) is 2.75. The normalized spacial score (nSPS) is 14.2. The van der Waals surface area contributed by atoms with Gasteiger partial charge in [-0.05, 0) is 19.1 Å². The molecule has 0 atom stereocenters. The molecule has 2 heterocycles. The van der Waals surface area contributed by atoms with Crippen LogP contribution < -0.4 is 5.32 Å². The molecule has 17 heavy (non-hydrogen) atoms. The quantitative estimate of drug-likeness (QED) is 0.816. The molecule has 5 heteroatoms. The van der Waals surface area contributed by atoms with Crippen LogP contribution in [0.2, 0.25) is 0 Å². The van der Waals surface area contributed by atoms with Crippen LogP contribution in [0.15, 0.2) is 23.2 Å². The van der Waals surface area contributed by atoms with E-state index >= 15 is 0 Å². The molecule has 0 radical (unpaired) electrons. The molecular formula is C12H12FN3S. The second-order valence-corrected chi connectivity index (χ2v) is 5.07. The number of benzene rings is 1. The standard InChI is InChI=1S/C12H12FN3S/c1-7-15-6-10(16-7)8-2-3-9-12(11(8)13)17-5-4-14-9/h2-3,6,14H,4-5H2,1H3,(H,15,16). The lowest BCUT2D eigenvalue weighted by molar-refractivity contribution is 0.605. The van der Waals surface area contributed by atoms with E-state index in [4.69, 9.17) is 0 Å². The number of aromatic nitrogens is 2. The van der Waals surface area contributed by atoms with Crippen molar-refractivity contribution in [2.45, 2.75) is 11.8 Å². The van der Waals surface area contributed by atoms with Crippen molar-refractivity contribution in [3.63, 3.8) is 0 Å². The number of imidazole rings is 1. The summed E-state index contributed by atoms with van der Waals surface area (Å²) in [5.74, 6) is 1.53. The van der Waals surface area contributed by atoms with Crippen molar-refractivity contribution in [3.8, 4) is 11.3 Å². The van der Waals surface area contributed by atoms with Crippen LogP contribution in [-0.4, -0.2) is 22.3 Å². The molecule has 1 aromatic heterocycles. The van der Waals surface area contributed by atoms with Gasteiger partial charge in [-0.3, -0.25) is 0 Å². The minimum atomic E-state index is -0.164. The van der Waals surface area contributed by atoms with Gasteiger partial charge in [0.1, 0.15) is 11.6 Å². The van der Waals surface area contributed by atoms with Gasteiger partial charge in [0.25, 0.3) is 0 Å². The SMILES string of the molecule is Cc1ncc(-c2ccc3c(c2F)SCCN3)[nH]1. The maximum absolute atomic E-state index is 14.3. The molecular weight excluding hydrogens is 237 g/mol. The summed E-state index contributed by atoms with van der Waals surface area (Å²) in [6.07, 6.45) is 1.67. The Morgan fingerprint density at radius 1 is 1.41 bits per heavy atom. The number of anilines is 1. The number of halogens is 1. The predicted molar refractivity (Wildman–Crippen MR) is 67.9 cm³/mol. The van der Waals surface area contributed by atoms with Crippen LogP contribution in [0, 0.1) is 12.7 Å². The average molecular weight is 249 g/mol. The zero-order valence-electron chi connectivity index (χ0n) is 9.38.